The van der Waals surface area contributed by atoms with Gasteiger partial charge >= 0.3 is 0 Å². The van der Waals surface area contributed by atoms with E-state index in [-0.39, 0.29) is 5.41 Å². The second-order valence-corrected chi connectivity index (χ2v) is 5.71. The Morgan fingerprint density at radius 2 is 1.88 bits per heavy atom. The standard InChI is InChI=1S/C14H29NO/c1-4-13(3)10-15(5-2)11-14(12-16)8-6-7-9-14/h13,16H,4-12H2,1-3H3. The number of aliphatic hydroxyl groups excluding tert-OH is 1. The molecular formula is C14H29NO. The van der Waals surface area contributed by atoms with E-state index in [2.05, 4.69) is 25.7 Å². The van der Waals surface area contributed by atoms with Gasteiger partial charge in [-0.2, -0.15) is 0 Å². The smallest absolute Gasteiger partial charge is 0.0499 e. The second kappa shape index (κ2) is 6.61. The highest BCUT2D eigenvalue weighted by atomic mass is 16.3. The van der Waals surface area contributed by atoms with Crippen molar-refractivity contribution in [2.75, 3.05) is 26.2 Å². The van der Waals surface area contributed by atoms with Crippen LogP contribution in [0.5, 0.6) is 0 Å². The van der Waals surface area contributed by atoms with Crippen molar-refractivity contribution >= 4 is 0 Å². The van der Waals surface area contributed by atoms with Crippen LogP contribution < -0.4 is 0 Å². The number of aliphatic hydroxyl groups is 1. The average molecular weight is 227 g/mol. The summed E-state index contributed by atoms with van der Waals surface area (Å²) in [6.07, 6.45) is 6.31. The first-order chi connectivity index (χ1) is 7.65. The van der Waals surface area contributed by atoms with E-state index in [1.165, 1.54) is 38.6 Å². The molecule has 0 aromatic rings. The van der Waals surface area contributed by atoms with Crippen LogP contribution in [0.2, 0.25) is 0 Å². The van der Waals surface area contributed by atoms with Gasteiger partial charge < -0.3 is 10.0 Å². The van der Waals surface area contributed by atoms with Crippen molar-refractivity contribution in [3.05, 3.63) is 0 Å². The van der Waals surface area contributed by atoms with Gasteiger partial charge in [-0.25, -0.2) is 0 Å². The van der Waals surface area contributed by atoms with Crippen LogP contribution in [0.4, 0.5) is 0 Å². The van der Waals surface area contributed by atoms with E-state index in [4.69, 9.17) is 0 Å². The Labute approximate surface area is 101 Å². The lowest BCUT2D eigenvalue weighted by molar-refractivity contribution is 0.0741. The Kier molecular flexibility index (Phi) is 5.77. The molecule has 0 aromatic carbocycles. The minimum Gasteiger partial charge on any atom is -0.396 e. The Balaban J connectivity index is 2.47. The summed E-state index contributed by atoms with van der Waals surface area (Å²) in [4.78, 5) is 2.54. The van der Waals surface area contributed by atoms with Crippen molar-refractivity contribution in [2.24, 2.45) is 11.3 Å². The number of hydrogen-bond acceptors (Lipinski definition) is 2. The van der Waals surface area contributed by atoms with Gasteiger partial charge in [0.15, 0.2) is 0 Å². The molecule has 2 nitrogen and oxygen atoms in total. The van der Waals surface area contributed by atoms with Gasteiger partial charge in [-0.05, 0) is 25.3 Å². The minimum atomic E-state index is 0.226. The van der Waals surface area contributed by atoms with Gasteiger partial charge in [0.05, 0.1) is 0 Å². The normalized spacial score (nSPS) is 21.6. The quantitative estimate of drug-likeness (QED) is 0.723. The molecule has 0 radical (unpaired) electrons. The third-order valence-corrected chi connectivity index (χ3v) is 4.27. The Morgan fingerprint density at radius 3 is 2.31 bits per heavy atom. The summed E-state index contributed by atoms with van der Waals surface area (Å²) in [7, 11) is 0. The highest BCUT2D eigenvalue weighted by molar-refractivity contribution is 4.87. The predicted molar refractivity (Wildman–Crippen MR) is 69.6 cm³/mol. The molecule has 1 saturated carbocycles. The summed E-state index contributed by atoms with van der Waals surface area (Å²) < 4.78 is 0. The summed E-state index contributed by atoms with van der Waals surface area (Å²) >= 11 is 0. The SMILES string of the molecule is CCC(C)CN(CC)CC1(CO)CCCC1. The fourth-order valence-corrected chi connectivity index (χ4v) is 2.84. The summed E-state index contributed by atoms with van der Waals surface area (Å²) in [5.41, 5.74) is 0.226. The highest BCUT2D eigenvalue weighted by Gasteiger charge is 2.34. The van der Waals surface area contributed by atoms with Crippen LogP contribution in [0.15, 0.2) is 0 Å². The van der Waals surface area contributed by atoms with E-state index < -0.39 is 0 Å². The third kappa shape index (κ3) is 3.74. The second-order valence-electron chi connectivity index (χ2n) is 5.71. The minimum absolute atomic E-state index is 0.226. The summed E-state index contributed by atoms with van der Waals surface area (Å²) in [5.74, 6) is 0.775. The van der Waals surface area contributed by atoms with E-state index in [9.17, 15) is 5.11 Å². The Hall–Kier alpha value is -0.0800. The van der Waals surface area contributed by atoms with Gasteiger partial charge in [-0.3, -0.25) is 0 Å². The fraction of sp³-hybridized carbons (Fsp3) is 1.00. The van der Waals surface area contributed by atoms with Crippen molar-refractivity contribution in [3.8, 4) is 0 Å². The van der Waals surface area contributed by atoms with Crippen LogP contribution in [0.1, 0.15) is 52.9 Å². The van der Waals surface area contributed by atoms with Crippen molar-refractivity contribution in [3.63, 3.8) is 0 Å². The molecule has 16 heavy (non-hydrogen) atoms. The molecule has 1 unspecified atom stereocenters. The van der Waals surface area contributed by atoms with Gasteiger partial charge in [-0.1, -0.05) is 40.0 Å². The van der Waals surface area contributed by atoms with Gasteiger partial charge in [-0.15, -0.1) is 0 Å². The lowest BCUT2D eigenvalue weighted by Crippen LogP contribution is -2.40. The topological polar surface area (TPSA) is 23.5 Å². The molecule has 0 spiro atoms. The van der Waals surface area contributed by atoms with Crippen LogP contribution in [-0.4, -0.2) is 36.2 Å². The molecular weight excluding hydrogens is 198 g/mol. The van der Waals surface area contributed by atoms with E-state index in [1.807, 2.05) is 0 Å². The molecule has 1 fully saturated rings. The van der Waals surface area contributed by atoms with Crippen LogP contribution in [0.25, 0.3) is 0 Å². The first-order valence-corrected chi connectivity index (χ1v) is 6.99. The maximum absolute atomic E-state index is 9.63. The van der Waals surface area contributed by atoms with E-state index >= 15 is 0 Å². The van der Waals surface area contributed by atoms with Crippen LogP contribution in [0, 0.1) is 11.3 Å². The fourth-order valence-electron chi connectivity index (χ4n) is 2.84. The lowest BCUT2D eigenvalue weighted by atomic mass is 9.86. The van der Waals surface area contributed by atoms with E-state index in [0.29, 0.717) is 6.61 Å². The number of rotatable bonds is 7. The Morgan fingerprint density at radius 1 is 1.25 bits per heavy atom. The largest absolute Gasteiger partial charge is 0.396 e. The Bertz CT molecular complexity index is 187. The molecule has 0 aliphatic heterocycles. The molecule has 1 rings (SSSR count). The van der Waals surface area contributed by atoms with Crippen molar-refractivity contribution in [1.82, 2.24) is 4.90 Å². The lowest BCUT2D eigenvalue weighted by Gasteiger charge is -2.34. The van der Waals surface area contributed by atoms with E-state index in [1.54, 1.807) is 0 Å². The zero-order chi connectivity index (χ0) is 12.0. The molecule has 0 bridgehead atoms. The molecule has 0 heterocycles. The van der Waals surface area contributed by atoms with Gasteiger partial charge in [0.25, 0.3) is 0 Å². The highest BCUT2D eigenvalue weighted by Crippen LogP contribution is 2.38. The summed E-state index contributed by atoms with van der Waals surface area (Å²) in [6, 6.07) is 0. The third-order valence-electron chi connectivity index (χ3n) is 4.27. The first kappa shape index (κ1) is 14.0. The van der Waals surface area contributed by atoms with Crippen LogP contribution >= 0.6 is 0 Å². The number of hydrogen-bond donors (Lipinski definition) is 1. The molecule has 96 valence electrons. The molecule has 1 N–H and O–H groups in total. The molecule has 1 aliphatic carbocycles. The maximum Gasteiger partial charge on any atom is 0.0499 e. The molecule has 0 saturated heterocycles. The summed E-state index contributed by atoms with van der Waals surface area (Å²) in [6.45, 7) is 10.6. The first-order valence-electron chi connectivity index (χ1n) is 6.99. The molecule has 1 atom stereocenters. The predicted octanol–water partition coefficient (Wildman–Crippen LogP) is 2.91. The van der Waals surface area contributed by atoms with Crippen molar-refractivity contribution in [1.29, 1.82) is 0 Å². The monoisotopic (exact) mass is 227 g/mol. The van der Waals surface area contributed by atoms with Gasteiger partial charge in [0.2, 0.25) is 0 Å². The van der Waals surface area contributed by atoms with Gasteiger partial charge in [0.1, 0.15) is 0 Å². The van der Waals surface area contributed by atoms with Crippen molar-refractivity contribution < 1.29 is 5.11 Å². The zero-order valence-corrected chi connectivity index (χ0v) is 11.3. The molecule has 1 aliphatic rings. The average Bonchev–Trinajstić information content (AvgIpc) is 2.77. The molecule has 0 amide bonds. The van der Waals surface area contributed by atoms with Crippen molar-refractivity contribution in [2.45, 2.75) is 52.9 Å². The van der Waals surface area contributed by atoms with Crippen LogP contribution in [0.3, 0.4) is 0 Å². The maximum atomic E-state index is 9.63. The summed E-state index contributed by atoms with van der Waals surface area (Å²) in [5, 5.41) is 9.63. The van der Waals surface area contributed by atoms with Crippen LogP contribution in [-0.2, 0) is 0 Å². The molecule has 0 aromatic heterocycles. The van der Waals surface area contributed by atoms with E-state index in [0.717, 1.165) is 19.0 Å². The zero-order valence-electron chi connectivity index (χ0n) is 11.3. The van der Waals surface area contributed by atoms with Gasteiger partial charge in [0, 0.05) is 25.1 Å². The number of nitrogens with zero attached hydrogens (tertiary/aromatic N) is 1. The molecule has 2 heteroatoms.